The summed E-state index contributed by atoms with van der Waals surface area (Å²) in [4.78, 5) is 26.5. The minimum atomic E-state index is -0.945. The molecule has 0 aliphatic carbocycles. The van der Waals surface area contributed by atoms with Crippen LogP contribution in [-0.2, 0) is 9.53 Å². The van der Waals surface area contributed by atoms with Crippen LogP contribution in [0.15, 0.2) is 46.9 Å². The SMILES string of the molecule is CCOc1c(Br)cc(C(=O)OC(C)C(=O)N(C)c2ccccc2)cc1OC. The Morgan fingerprint density at radius 2 is 1.85 bits per heavy atom. The number of ether oxygens (including phenoxy) is 3. The number of likely N-dealkylation sites (N-methyl/N-ethyl adjacent to an activating group) is 1. The monoisotopic (exact) mass is 435 g/mol. The first-order valence-electron chi connectivity index (χ1n) is 8.43. The smallest absolute Gasteiger partial charge is 0.339 e. The van der Waals surface area contributed by atoms with Crippen molar-refractivity contribution in [3.05, 3.63) is 52.5 Å². The van der Waals surface area contributed by atoms with E-state index >= 15 is 0 Å². The summed E-state index contributed by atoms with van der Waals surface area (Å²) in [5, 5.41) is 0. The Hall–Kier alpha value is -2.54. The molecule has 0 aliphatic rings. The zero-order valence-electron chi connectivity index (χ0n) is 15.7. The molecular formula is C20H22BrNO5. The van der Waals surface area contributed by atoms with Gasteiger partial charge in [-0.05, 0) is 54.0 Å². The van der Waals surface area contributed by atoms with Gasteiger partial charge in [0, 0.05) is 12.7 Å². The van der Waals surface area contributed by atoms with E-state index in [2.05, 4.69) is 15.9 Å². The molecule has 144 valence electrons. The van der Waals surface area contributed by atoms with Crippen LogP contribution in [0, 0.1) is 0 Å². The van der Waals surface area contributed by atoms with Gasteiger partial charge in [-0.3, -0.25) is 4.79 Å². The predicted molar refractivity (Wildman–Crippen MR) is 107 cm³/mol. The highest BCUT2D eigenvalue weighted by molar-refractivity contribution is 9.10. The lowest BCUT2D eigenvalue weighted by Gasteiger charge is -2.21. The Kier molecular flexibility index (Phi) is 7.24. The highest BCUT2D eigenvalue weighted by Crippen LogP contribution is 2.36. The Balaban J connectivity index is 2.14. The van der Waals surface area contributed by atoms with Crippen LogP contribution in [0.25, 0.3) is 0 Å². The molecule has 2 rings (SSSR count). The Morgan fingerprint density at radius 1 is 1.19 bits per heavy atom. The van der Waals surface area contributed by atoms with Gasteiger partial charge in [-0.25, -0.2) is 4.79 Å². The molecule has 0 bridgehead atoms. The van der Waals surface area contributed by atoms with Gasteiger partial charge in [-0.2, -0.15) is 0 Å². The van der Waals surface area contributed by atoms with Crippen molar-refractivity contribution >= 4 is 33.5 Å². The summed E-state index contributed by atoms with van der Waals surface area (Å²) < 4.78 is 16.7. The minimum absolute atomic E-state index is 0.254. The first-order chi connectivity index (χ1) is 12.9. The van der Waals surface area contributed by atoms with E-state index in [4.69, 9.17) is 14.2 Å². The van der Waals surface area contributed by atoms with E-state index in [1.165, 1.54) is 18.1 Å². The van der Waals surface area contributed by atoms with Crippen molar-refractivity contribution in [1.29, 1.82) is 0 Å². The quantitative estimate of drug-likeness (QED) is 0.613. The van der Waals surface area contributed by atoms with Gasteiger partial charge in [-0.15, -0.1) is 0 Å². The predicted octanol–water partition coefficient (Wildman–Crippen LogP) is 4.06. The third-order valence-electron chi connectivity index (χ3n) is 3.86. The lowest BCUT2D eigenvalue weighted by atomic mass is 10.2. The summed E-state index contributed by atoms with van der Waals surface area (Å²) >= 11 is 3.37. The highest BCUT2D eigenvalue weighted by atomic mass is 79.9. The molecule has 0 aliphatic heterocycles. The standard InChI is InChI=1S/C20H22BrNO5/c1-5-26-18-16(21)11-14(12-17(18)25-4)20(24)27-13(2)19(23)22(3)15-9-7-6-8-10-15/h6-13H,5H2,1-4H3. The molecule has 2 aromatic carbocycles. The molecule has 0 spiro atoms. The topological polar surface area (TPSA) is 65.1 Å². The number of carbonyl (C=O) groups is 2. The molecule has 6 nitrogen and oxygen atoms in total. The molecule has 0 saturated heterocycles. The van der Waals surface area contributed by atoms with Crippen LogP contribution in [0.1, 0.15) is 24.2 Å². The average molecular weight is 436 g/mol. The summed E-state index contributed by atoms with van der Waals surface area (Å²) in [5.41, 5.74) is 0.972. The molecule has 1 unspecified atom stereocenters. The molecule has 0 N–H and O–H groups in total. The van der Waals surface area contributed by atoms with Gasteiger partial charge in [-0.1, -0.05) is 18.2 Å². The average Bonchev–Trinajstić information content (AvgIpc) is 2.68. The van der Waals surface area contributed by atoms with Gasteiger partial charge in [0.2, 0.25) is 0 Å². The fourth-order valence-corrected chi connectivity index (χ4v) is 3.01. The Morgan fingerprint density at radius 3 is 2.44 bits per heavy atom. The van der Waals surface area contributed by atoms with Gasteiger partial charge < -0.3 is 19.1 Å². The second-order valence-corrected chi connectivity index (χ2v) is 6.56. The van der Waals surface area contributed by atoms with Crippen LogP contribution in [0.2, 0.25) is 0 Å². The van der Waals surface area contributed by atoms with Crippen LogP contribution >= 0.6 is 15.9 Å². The molecule has 0 heterocycles. The van der Waals surface area contributed by atoms with Gasteiger partial charge in [0.1, 0.15) is 0 Å². The maximum atomic E-state index is 12.5. The second kappa shape index (κ2) is 9.41. The van der Waals surface area contributed by atoms with Crippen molar-refractivity contribution in [2.75, 3.05) is 25.7 Å². The zero-order valence-corrected chi connectivity index (χ0v) is 17.3. The largest absolute Gasteiger partial charge is 0.493 e. The summed E-state index contributed by atoms with van der Waals surface area (Å²) in [6.07, 6.45) is -0.945. The van der Waals surface area contributed by atoms with Crippen LogP contribution < -0.4 is 14.4 Å². The number of esters is 1. The number of benzene rings is 2. The molecule has 27 heavy (non-hydrogen) atoms. The van der Waals surface area contributed by atoms with Gasteiger partial charge >= 0.3 is 5.97 Å². The molecule has 0 radical (unpaired) electrons. The summed E-state index contributed by atoms with van der Waals surface area (Å²) in [7, 11) is 3.12. The molecule has 1 atom stereocenters. The van der Waals surface area contributed by atoms with Crippen LogP contribution in [0.5, 0.6) is 11.5 Å². The number of hydrogen-bond acceptors (Lipinski definition) is 5. The maximum Gasteiger partial charge on any atom is 0.339 e. The molecule has 0 saturated carbocycles. The fraction of sp³-hybridized carbons (Fsp3) is 0.300. The third-order valence-corrected chi connectivity index (χ3v) is 4.45. The first-order valence-corrected chi connectivity index (χ1v) is 9.22. The number of halogens is 1. The molecule has 0 aromatic heterocycles. The fourth-order valence-electron chi connectivity index (χ4n) is 2.45. The van der Waals surface area contributed by atoms with Crippen molar-refractivity contribution in [1.82, 2.24) is 0 Å². The second-order valence-electron chi connectivity index (χ2n) is 5.70. The van der Waals surface area contributed by atoms with E-state index in [1.54, 1.807) is 32.2 Å². The van der Waals surface area contributed by atoms with Crippen molar-refractivity contribution in [3.8, 4) is 11.5 Å². The summed E-state index contributed by atoms with van der Waals surface area (Å²) in [6, 6.07) is 12.2. The first kappa shape index (κ1) is 20.8. The number of nitrogens with zero attached hydrogens (tertiary/aromatic N) is 1. The number of anilines is 1. The minimum Gasteiger partial charge on any atom is -0.493 e. The summed E-state index contributed by atoms with van der Waals surface area (Å²) in [6.45, 7) is 3.85. The number of rotatable bonds is 7. The molecule has 0 fully saturated rings. The normalized spacial score (nSPS) is 11.4. The summed E-state index contributed by atoms with van der Waals surface area (Å²) in [5.74, 6) is -0.0473. The van der Waals surface area contributed by atoms with Crippen LogP contribution in [0.4, 0.5) is 5.69 Å². The van der Waals surface area contributed by atoms with E-state index in [0.717, 1.165) is 5.69 Å². The van der Waals surface area contributed by atoms with E-state index in [9.17, 15) is 9.59 Å². The van der Waals surface area contributed by atoms with Crippen LogP contribution in [-0.4, -0.2) is 38.7 Å². The number of hydrogen-bond donors (Lipinski definition) is 0. The molecule has 1 amide bonds. The number of amides is 1. The van der Waals surface area contributed by atoms with E-state index in [1.807, 2.05) is 25.1 Å². The number of para-hydroxylation sites is 1. The number of carbonyl (C=O) groups excluding carboxylic acids is 2. The number of methoxy groups -OCH3 is 1. The van der Waals surface area contributed by atoms with Crippen molar-refractivity contribution in [2.45, 2.75) is 20.0 Å². The van der Waals surface area contributed by atoms with Gasteiger partial charge in [0.15, 0.2) is 17.6 Å². The van der Waals surface area contributed by atoms with E-state index < -0.39 is 12.1 Å². The van der Waals surface area contributed by atoms with Crippen molar-refractivity contribution in [3.63, 3.8) is 0 Å². The molecule has 2 aromatic rings. The third kappa shape index (κ3) is 5.01. The van der Waals surface area contributed by atoms with E-state index in [0.29, 0.717) is 22.6 Å². The van der Waals surface area contributed by atoms with E-state index in [-0.39, 0.29) is 11.5 Å². The molecular weight excluding hydrogens is 414 g/mol. The Bertz CT molecular complexity index is 810. The lowest BCUT2D eigenvalue weighted by molar-refractivity contribution is -0.126. The van der Waals surface area contributed by atoms with Gasteiger partial charge in [0.25, 0.3) is 5.91 Å². The van der Waals surface area contributed by atoms with Crippen molar-refractivity contribution in [2.24, 2.45) is 0 Å². The van der Waals surface area contributed by atoms with Gasteiger partial charge in [0.05, 0.1) is 23.8 Å². The Labute approximate surface area is 167 Å². The lowest BCUT2D eigenvalue weighted by Crippen LogP contribution is -2.37. The maximum absolute atomic E-state index is 12.5. The molecule has 7 heteroatoms. The van der Waals surface area contributed by atoms with Crippen molar-refractivity contribution < 1.29 is 23.8 Å². The highest BCUT2D eigenvalue weighted by Gasteiger charge is 2.24. The zero-order chi connectivity index (χ0) is 20.0. The van der Waals surface area contributed by atoms with Crippen LogP contribution in [0.3, 0.4) is 0 Å².